The summed E-state index contributed by atoms with van der Waals surface area (Å²) in [4.78, 5) is 36.9. The monoisotopic (exact) mass is 440 g/mol. The molecule has 32 heavy (non-hydrogen) atoms. The second-order valence-corrected chi connectivity index (χ2v) is 7.71. The summed E-state index contributed by atoms with van der Waals surface area (Å²) in [6.45, 7) is 1.07. The van der Waals surface area contributed by atoms with Crippen LogP contribution in [0.1, 0.15) is 36.8 Å². The number of carbonyl (C=O) groups excluding carboxylic acids is 2. The molecule has 0 heterocycles. The zero-order valence-corrected chi connectivity index (χ0v) is 18.0. The second kappa shape index (κ2) is 10.8. The number of ether oxygens (including phenoxy) is 1. The molecule has 0 saturated carbocycles. The van der Waals surface area contributed by atoms with Crippen LogP contribution >= 0.6 is 0 Å². The Bertz CT molecular complexity index is 931. The molecular weight excluding hydrogens is 412 g/mol. The molecule has 0 unspecified atom stereocenters. The number of alkyl carbamates (subject to hydrolysis) is 1. The molecule has 2 aromatic carbocycles. The van der Waals surface area contributed by atoms with Crippen molar-refractivity contribution >= 4 is 18.0 Å². The van der Waals surface area contributed by atoms with Gasteiger partial charge in [-0.1, -0.05) is 55.5 Å². The van der Waals surface area contributed by atoms with E-state index in [0.717, 1.165) is 27.2 Å². The molecule has 3 rings (SSSR count). The minimum absolute atomic E-state index is 0.0644. The van der Waals surface area contributed by atoms with Gasteiger partial charge in [-0.3, -0.25) is 9.59 Å². The number of nitrogens with one attached hydrogen (secondary N) is 1. The second-order valence-electron chi connectivity index (χ2n) is 7.71. The van der Waals surface area contributed by atoms with Gasteiger partial charge in [-0.15, -0.1) is 0 Å². The van der Waals surface area contributed by atoms with Crippen molar-refractivity contribution in [2.24, 2.45) is 0 Å². The summed E-state index contributed by atoms with van der Waals surface area (Å²) in [6.07, 6.45) is -0.234. The number of carbonyl (C=O) groups is 3. The molecule has 0 aliphatic heterocycles. The summed E-state index contributed by atoms with van der Waals surface area (Å²) in [7, 11) is 0. The van der Waals surface area contributed by atoms with Crippen molar-refractivity contribution in [1.29, 1.82) is 0 Å². The average Bonchev–Trinajstić information content (AvgIpc) is 3.10. The SMILES string of the molecule is CC[C@@H](CC(=O)N(CCO)CC(=O)O)NC(=O)OCC1c2ccccc2-c2ccccc21. The number of benzene rings is 2. The molecule has 0 spiro atoms. The number of fused-ring (bicyclic) bond motifs is 3. The first-order valence-corrected chi connectivity index (χ1v) is 10.7. The molecule has 0 aromatic heterocycles. The highest BCUT2D eigenvalue weighted by Crippen LogP contribution is 2.44. The predicted molar refractivity (Wildman–Crippen MR) is 118 cm³/mol. The summed E-state index contributed by atoms with van der Waals surface area (Å²) >= 11 is 0. The molecule has 0 radical (unpaired) electrons. The minimum Gasteiger partial charge on any atom is -0.480 e. The Morgan fingerprint density at radius 3 is 2.19 bits per heavy atom. The lowest BCUT2D eigenvalue weighted by Gasteiger charge is -2.23. The summed E-state index contributed by atoms with van der Waals surface area (Å²) in [5.74, 6) is -1.68. The fraction of sp³-hybridized carbons (Fsp3) is 0.375. The number of aliphatic carboxylic acids is 1. The van der Waals surface area contributed by atoms with Crippen molar-refractivity contribution in [3.8, 4) is 11.1 Å². The molecular formula is C24H28N2O6. The van der Waals surface area contributed by atoms with Crippen molar-refractivity contribution in [1.82, 2.24) is 10.2 Å². The molecule has 3 N–H and O–H groups in total. The molecule has 8 nitrogen and oxygen atoms in total. The molecule has 0 fully saturated rings. The van der Waals surface area contributed by atoms with E-state index in [9.17, 15) is 14.4 Å². The third kappa shape index (κ3) is 5.45. The van der Waals surface area contributed by atoms with Crippen molar-refractivity contribution in [3.05, 3.63) is 59.7 Å². The number of amides is 2. The van der Waals surface area contributed by atoms with E-state index >= 15 is 0 Å². The maximum Gasteiger partial charge on any atom is 0.407 e. The van der Waals surface area contributed by atoms with E-state index in [-0.39, 0.29) is 32.1 Å². The van der Waals surface area contributed by atoms with E-state index < -0.39 is 30.6 Å². The van der Waals surface area contributed by atoms with Gasteiger partial charge in [0.05, 0.1) is 6.61 Å². The van der Waals surface area contributed by atoms with E-state index in [4.69, 9.17) is 14.9 Å². The van der Waals surface area contributed by atoms with Crippen LogP contribution in [-0.2, 0) is 14.3 Å². The van der Waals surface area contributed by atoms with Crippen LogP contribution in [0.25, 0.3) is 11.1 Å². The Hall–Kier alpha value is -3.39. The number of hydrogen-bond acceptors (Lipinski definition) is 5. The van der Waals surface area contributed by atoms with Gasteiger partial charge in [0.15, 0.2) is 0 Å². The van der Waals surface area contributed by atoms with Gasteiger partial charge in [-0.05, 0) is 28.7 Å². The first-order valence-electron chi connectivity index (χ1n) is 10.7. The highest BCUT2D eigenvalue weighted by molar-refractivity contribution is 5.82. The van der Waals surface area contributed by atoms with Gasteiger partial charge >= 0.3 is 12.1 Å². The third-order valence-corrected chi connectivity index (χ3v) is 5.63. The molecule has 0 saturated heterocycles. The topological polar surface area (TPSA) is 116 Å². The van der Waals surface area contributed by atoms with Crippen molar-refractivity contribution < 1.29 is 29.3 Å². The van der Waals surface area contributed by atoms with E-state index in [0.29, 0.717) is 6.42 Å². The van der Waals surface area contributed by atoms with Gasteiger partial charge in [0.25, 0.3) is 0 Å². The molecule has 0 bridgehead atoms. The Kier molecular flexibility index (Phi) is 7.83. The number of aliphatic hydroxyl groups excluding tert-OH is 1. The van der Waals surface area contributed by atoms with Crippen LogP contribution in [0, 0.1) is 0 Å². The summed E-state index contributed by atoms with van der Waals surface area (Å²) in [6, 6.07) is 15.6. The Balaban J connectivity index is 1.59. The Morgan fingerprint density at radius 1 is 1.06 bits per heavy atom. The molecule has 170 valence electrons. The number of aliphatic hydroxyl groups is 1. The number of hydrogen-bond donors (Lipinski definition) is 3. The Morgan fingerprint density at radius 2 is 1.66 bits per heavy atom. The van der Waals surface area contributed by atoms with E-state index in [1.165, 1.54) is 0 Å². The number of rotatable bonds is 10. The molecule has 1 atom stereocenters. The first-order chi connectivity index (χ1) is 15.4. The molecule has 2 aromatic rings. The van der Waals surface area contributed by atoms with Crippen molar-refractivity contribution in [3.63, 3.8) is 0 Å². The zero-order valence-electron chi connectivity index (χ0n) is 18.0. The average molecular weight is 440 g/mol. The maximum atomic E-state index is 12.5. The first kappa shape index (κ1) is 23.3. The van der Waals surface area contributed by atoms with Crippen LogP contribution < -0.4 is 5.32 Å². The van der Waals surface area contributed by atoms with E-state index in [1.54, 1.807) is 0 Å². The largest absolute Gasteiger partial charge is 0.480 e. The molecule has 1 aliphatic carbocycles. The lowest BCUT2D eigenvalue weighted by atomic mass is 9.98. The summed E-state index contributed by atoms with van der Waals surface area (Å²) < 4.78 is 5.52. The van der Waals surface area contributed by atoms with Crippen LogP contribution in [-0.4, -0.2) is 65.4 Å². The van der Waals surface area contributed by atoms with Gasteiger partial charge in [0, 0.05) is 24.9 Å². The third-order valence-electron chi connectivity index (χ3n) is 5.63. The number of carboxylic acid groups (broad SMARTS) is 1. The molecule has 1 aliphatic rings. The summed E-state index contributed by atoms with van der Waals surface area (Å²) in [5.41, 5.74) is 4.49. The lowest BCUT2D eigenvalue weighted by Crippen LogP contribution is -2.43. The van der Waals surface area contributed by atoms with Crippen LogP contribution in [0.15, 0.2) is 48.5 Å². The van der Waals surface area contributed by atoms with Crippen molar-refractivity contribution in [2.75, 3.05) is 26.3 Å². The van der Waals surface area contributed by atoms with Crippen LogP contribution in [0.5, 0.6) is 0 Å². The fourth-order valence-electron chi connectivity index (χ4n) is 4.02. The normalized spacial score (nSPS) is 13.1. The predicted octanol–water partition coefficient (Wildman–Crippen LogP) is 2.60. The Labute approximate surface area is 186 Å². The van der Waals surface area contributed by atoms with Gasteiger partial charge in [-0.25, -0.2) is 4.79 Å². The van der Waals surface area contributed by atoms with Gasteiger partial charge in [0.1, 0.15) is 13.2 Å². The fourth-order valence-corrected chi connectivity index (χ4v) is 4.02. The maximum absolute atomic E-state index is 12.5. The number of carboxylic acids is 1. The quantitative estimate of drug-likeness (QED) is 0.523. The number of nitrogens with zero attached hydrogens (tertiary/aromatic N) is 1. The van der Waals surface area contributed by atoms with Gasteiger partial charge in [-0.2, -0.15) is 0 Å². The smallest absolute Gasteiger partial charge is 0.407 e. The van der Waals surface area contributed by atoms with Gasteiger partial charge in [0.2, 0.25) is 5.91 Å². The lowest BCUT2D eigenvalue weighted by molar-refractivity contribution is -0.145. The van der Waals surface area contributed by atoms with Crippen LogP contribution in [0.3, 0.4) is 0 Å². The summed E-state index contributed by atoms with van der Waals surface area (Å²) in [5, 5.41) is 20.7. The van der Waals surface area contributed by atoms with Gasteiger partial charge < -0.3 is 25.2 Å². The van der Waals surface area contributed by atoms with E-state index in [2.05, 4.69) is 17.4 Å². The van der Waals surface area contributed by atoms with E-state index in [1.807, 2.05) is 43.3 Å². The van der Waals surface area contributed by atoms with Crippen LogP contribution in [0.2, 0.25) is 0 Å². The highest BCUT2D eigenvalue weighted by atomic mass is 16.5. The zero-order chi connectivity index (χ0) is 23.1. The molecule has 2 amide bonds. The van der Waals surface area contributed by atoms with Crippen molar-refractivity contribution in [2.45, 2.75) is 31.7 Å². The highest BCUT2D eigenvalue weighted by Gasteiger charge is 2.29. The molecule has 8 heteroatoms. The van der Waals surface area contributed by atoms with Crippen LogP contribution in [0.4, 0.5) is 4.79 Å². The minimum atomic E-state index is -1.16. The standard InChI is InChI=1S/C24H28N2O6/c1-2-16(13-22(28)26(11-12-27)14-23(29)30)25-24(31)32-15-21-19-9-5-3-7-17(19)18-8-4-6-10-20(18)21/h3-10,16,21,27H,2,11-15H2,1H3,(H,25,31)(H,29,30)/t16-/m0/s1.